The maximum Gasteiger partial charge on any atom is 0.343 e. The lowest BCUT2D eigenvalue weighted by Gasteiger charge is -1.98. The molecule has 0 saturated heterocycles. The van der Waals surface area contributed by atoms with E-state index in [9.17, 15) is 14.4 Å². The molecule has 1 aromatic rings. The van der Waals surface area contributed by atoms with Gasteiger partial charge in [0.05, 0.1) is 7.11 Å². The third-order valence-electron chi connectivity index (χ3n) is 1.58. The van der Waals surface area contributed by atoms with Gasteiger partial charge in [-0.05, 0) is 0 Å². The highest BCUT2D eigenvalue weighted by Gasteiger charge is 2.16. The molecule has 6 nitrogen and oxygen atoms in total. The van der Waals surface area contributed by atoms with E-state index in [-0.39, 0.29) is 5.56 Å². The van der Waals surface area contributed by atoms with E-state index in [1.807, 2.05) is 0 Å². The topological polar surface area (TPSA) is 96.5 Å². The monoisotopic (exact) mass is 197 g/mol. The second kappa shape index (κ2) is 3.73. The quantitative estimate of drug-likeness (QED) is 0.643. The standard InChI is InChI=1S/C8H7NO5/c1-14-8(13)5-3-9-2-4(6(5)10)7(11)12/h2-3H,1H3,(H,9,10)(H,11,12). The molecule has 74 valence electrons. The van der Waals surface area contributed by atoms with Gasteiger partial charge in [0, 0.05) is 12.4 Å². The van der Waals surface area contributed by atoms with E-state index >= 15 is 0 Å². The summed E-state index contributed by atoms with van der Waals surface area (Å²) in [5.41, 5.74) is -1.68. The summed E-state index contributed by atoms with van der Waals surface area (Å²) in [5.74, 6) is -2.26. The largest absolute Gasteiger partial charge is 0.477 e. The van der Waals surface area contributed by atoms with E-state index in [0.29, 0.717) is 0 Å². The Morgan fingerprint density at radius 2 is 1.93 bits per heavy atom. The Labute approximate surface area is 78.1 Å². The van der Waals surface area contributed by atoms with Crippen molar-refractivity contribution < 1.29 is 19.4 Å². The number of carboxylic acid groups (broad SMARTS) is 1. The lowest BCUT2D eigenvalue weighted by atomic mass is 10.2. The number of nitrogens with one attached hydrogen (secondary N) is 1. The van der Waals surface area contributed by atoms with Crippen LogP contribution in [0.2, 0.25) is 0 Å². The zero-order valence-corrected chi connectivity index (χ0v) is 7.23. The number of ether oxygens (including phenoxy) is 1. The first kappa shape index (κ1) is 9.97. The van der Waals surface area contributed by atoms with Gasteiger partial charge in [-0.2, -0.15) is 0 Å². The van der Waals surface area contributed by atoms with Crippen LogP contribution in [0.25, 0.3) is 0 Å². The Kier molecular flexibility index (Phi) is 2.66. The molecule has 0 aliphatic rings. The fraction of sp³-hybridized carbons (Fsp3) is 0.125. The number of aromatic nitrogens is 1. The number of carboxylic acids is 1. The predicted molar refractivity (Wildman–Crippen MR) is 45.4 cm³/mol. The number of hydrogen-bond donors (Lipinski definition) is 2. The van der Waals surface area contributed by atoms with Crippen molar-refractivity contribution in [3.8, 4) is 0 Å². The first-order chi connectivity index (χ1) is 6.57. The number of esters is 1. The van der Waals surface area contributed by atoms with E-state index in [0.717, 1.165) is 19.5 Å². The Balaban J connectivity index is 3.35. The highest BCUT2D eigenvalue weighted by Crippen LogP contribution is 1.95. The molecule has 1 heterocycles. The fourth-order valence-corrected chi connectivity index (χ4v) is 0.905. The molecule has 2 N–H and O–H groups in total. The lowest BCUT2D eigenvalue weighted by molar-refractivity contribution is 0.0599. The van der Waals surface area contributed by atoms with Crippen molar-refractivity contribution in [2.24, 2.45) is 0 Å². The van der Waals surface area contributed by atoms with Gasteiger partial charge >= 0.3 is 11.9 Å². The van der Waals surface area contributed by atoms with Crippen LogP contribution in [0.1, 0.15) is 20.7 Å². The summed E-state index contributed by atoms with van der Waals surface area (Å²) < 4.78 is 4.30. The fourth-order valence-electron chi connectivity index (χ4n) is 0.905. The maximum absolute atomic E-state index is 11.3. The summed E-state index contributed by atoms with van der Waals surface area (Å²) in [6.07, 6.45) is 2.11. The normalized spacial score (nSPS) is 9.50. The second-order valence-electron chi connectivity index (χ2n) is 2.41. The molecule has 0 spiro atoms. The maximum atomic E-state index is 11.3. The number of aromatic amines is 1. The van der Waals surface area contributed by atoms with Gasteiger partial charge in [-0.3, -0.25) is 4.79 Å². The highest BCUT2D eigenvalue weighted by atomic mass is 16.5. The Hall–Kier alpha value is -2.11. The van der Waals surface area contributed by atoms with Gasteiger partial charge in [-0.25, -0.2) is 9.59 Å². The minimum absolute atomic E-state index is 0.326. The molecular weight excluding hydrogens is 190 g/mol. The molecule has 14 heavy (non-hydrogen) atoms. The molecule has 0 unspecified atom stereocenters. The highest BCUT2D eigenvalue weighted by molar-refractivity contribution is 5.93. The first-order valence-corrected chi connectivity index (χ1v) is 3.60. The van der Waals surface area contributed by atoms with Gasteiger partial charge in [-0.1, -0.05) is 0 Å². The molecule has 0 amide bonds. The number of carbonyl (C=O) groups excluding carboxylic acids is 1. The molecule has 1 aromatic heterocycles. The van der Waals surface area contributed by atoms with E-state index in [4.69, 9.17) is 5.11 Å². The lowest BCUT2D eigenvalue weighted by Crippen LogP contribution is -2.22. The van der Waals surface area contributed by atoms with Crippen molar-refractivity contribution in [3.05, 3.63) is 33.7 Å². The van der Waals surface area contributed by atoms with Crippen molar-refractivity contribution in [2.45, 2.75) is 0 Å². The van der Waals surface area contributed by atoms with Crippen molar-refractivity contribution in [2.75, 3.05) is 7.11 Å². The zero-order chi connectivity index (χ0) is 10.7. The third kappa shape index (κ3) is 1.63. The molecule has 0 radical (unpaired) electrons. The smallest absolute Gasteiger partial charge is 0.343 e. The van der Waals surface area contributed by atoms with E-state index in [2.05, 4.69) is 9.72 Å². The van der Waals surface area contributed by atoms with Crippen LogP contribution in [0, 0.1) is 0 Å². The number of carbonyl (C=O) groups is 2. The number of pyridine rings is 1. The van der Waals surface area contributed by atoms with Crippen LogP contribution in [-0.2, 0) is 4.74 Å². The molecular formula is C8H7NO5. The zero-order valence-electron chi connectivity index (χ0n) is 7.23. The predicted octanol–water partition coefficient (Wildman–Crippen LogP) is -0.140. The molecule has 1 rings (SSSR count). The summed E-state index contributed by atoms with van der Waals surface area (Å²) >= 11 is 0. The molecule has 0 aromatic carbocycles. The van der Waals surface area contributed by atoms with Crippen molar-refractivity contribution in [1.82, 2.24) is 4.98 Å². The van der Waals surface area contributed by atoms with E-state index < -0.39 is 22.9 Å². The Bertz CT molecular complexity index is 434. The van der Waals surface area contributed by atoms with Crippen LogP contribution in [0.3, 0.4) is 0 Å². The molecule has 0 saturated carbocycles. The number of rotatable bonds is 2. The van der Waals surface area contributed by atoms with E-state index in [1.54, 1.807) is 0 Å². The number of hydrogen-bond acceptors (Lipinski definition) is 4. The van der Waals surface area contributed by atoms with Gasteiger partial charge in [0.1, 0.15) is 11.1 Å². The van der Waals surface area contributed by atoms with Crippen molar-refractivity contribution >= 4 is 11.9 Å². The van der Waals surface area contributed by atoms with Gasteiger partial charge in [0.2, 0.25) is 5.43 Å². The molecule has 0 aliphatic heterocycles. The van der Waals surface area contributed by atoms with Gasteiger partial charge in [0.25, 0.3) is 0 Å². The molecule has 0 fully saturated rings. The van der Waals surface area contributed by atoms with Gasteiger partial charge in [0.15, 0.2) is 0 Å². The number of H-pyrrole nitrogens is 1. The molecule has 0 bridgehead atoms. The van der Waals surface area contributed by atoms with Crippen LogP contribution in [0.5, 0.6) is 0 Å². The van der Waals surface area contributed by atoms with Gasteiger partial charge < -0.3 is 14.8 Å². The average Bonchev–Trinajstić information content (AvgIpc) is 2.16. The third-order valence-corrected chi connectivity index (χ3v) is 1.58. The number of methoxy groups -OCH3 is 1. The molecule has 0 atom stereocenters. The minimum Gasteiger partial charge on any atom is -0.477 e. The SMILES string of the molecule is COC(=O)c1c[nH]cc(C(=O)O)c1=O. The number of aromatic carboxylic acids is 1. The summed E-state index contributed by atoms with van der Waals surface area (Å²) in [5, 5.41) is 8.57. The van der Waals surface area contributed by atoms with Crippen molar-refractivity contribution in [1.29, 1.82) is 0 Å². The summed E-state index contributed by atoms with van der Waals surface area (Å²) in [6.45, 7) is 0. The van der Waals surface area contributed by atoms with Crippen LogP contribution >= 0.6 is 0 Å². The second-order valence-corrected chi connectivity index (χ2v) is 2.41. The summed E-state index contributed by atoms with van der Waals surface area (Å²) in [6, 6.07) is 0. The minimum atomic E-state index is -1.39. The Morgan fingerprint density at radius 3 is 2.43 bits per heavy atom. The van der Waals surface area contributed by atoms with E-state index in [1.165, 1.54) is 0 Å². The average molecular weight is 197 g/mol. The van der Waals surface area contributed by atoms with Crippen LogP contribution in [0.15, 0.2) is 17.2 Å². The Morgan fingerprint density at radius 1 is 1.36 bits per heavy atom. The van der Waals surface area contributed by atoms with Crippen molar-refractivity contribution in [3.63, 3.8) is 0 Å². The van der Waals surface area contributed by atoms with Crippen LogP contribution in [-0.4, -0.2) is 29.1 Å². The van der Waals surface area contributed by atoms with Crippen LogP contribution in [0.4, 0.5) is 0 Å². The van der Waals surface area contributed by atoms with Gasteiger partial charge in [-0.15, -0.1) is 0 Å². The van der Waals surface area contributed by atoms with Crippen LogP contribution < -0.4 is 5.43 Å². The molecule has 6 heteroatoms. The molecule has 0 aliphatic carbocycles. The summed E-state index contributed by atoms with van der Waals surface area (Å²) in [4.78, 5) is 35.2. The first-order valence-electron chi connectivity index (χ1n) is 3.60. The summed E-state index contributed by atoms with van der Waals surface area (Å²) in [7, 11) is 1.11.